The van der Waals surface area contributed by atoms with Gasteiger partial charge < -0.3 is 15.4 Å². The number of nitrogens with zero attached hydrogens (tertiary/aromatic N) is 1. The number of hydrogen-bond acceptors (Lipinski definition) is 6. The van der Waals surface area contributed by atoms with Crippen LogP contribution in [0.3, 0.4) is 0 Å². The average molecular weight is 457 g/mol. The first-order chi connectivity index (χ1) is 12.8. The van der Waals surface area contributed by atoms with Gasteiger partial charge in [-0.25, -0.2) is 4.79 Å². The zero-order valence-electron chi connectivity index (χ0n) is 15.5. The highest BCUT2D eigenvalue weighted by atomic mass is 79.9. The predicted molar refractivity (Wildman–Crippen MR) is 110 cm³/mol. The molecule has 1 amide bonds. The van der Waals surface area contributed by atoms with Gasteiger partial charge in [0.15, 0.2) is 5.78 Å². The molecule has 0 spiro atoms. The van der Waals surface area contributed by atoms with E-state index in [0.717, 1.165) is 5.56 Å². The summed E-state index contributed by atoms with van der Waals surface area (Å²) in [6.45, 7) is 3.55. The molecule has 1 saturated heterocycles. The van der Waals surface area contributed by atoms with Gasteiger partial charge in [-0.2, -0.15) is 12.6 Å². The van der Waals surface area contributed by atoms with Crippen LogP contribution in [0.5, 0.6) is 5.75 Å². The number of halogens is 1. The van der Waals surface area contributed by atoms with Gasteiger partial charge in [0.2, 0.25) is 11.4 Å². The van der Waals surface area contributed by atoms with Crippen LogP contribution in [0.1, 0.15) is 32.3 Å². The Kier molecular flexibility index (Phi) is 7.47. The summed E-state index contributed by atoms with van der Waals surface area (Å²) in [5.41, 5.74) is 5.07. The maximum Gasteiger partial charge on any atom is 0.345 e. The Balaban J connectivity index is 2.42. The number of amides is 1. The van der Waals surface area contributed by atoms with Crippen molar-refractivity contribution >= 4 is 46.2 Å². The summed E-state index contributed by atoms with van der Waals surface area (Å²) < 4.78 is 5.56. The van der Waals surface area contributed by atoms with E-state index in [1.165, 1.54) is 11.8 Å². The summed E-state index contributed by atoms with van der Waals surface area (Å²) in [6.07, 6.45) is 0.732. The second-order valence-corrected chi connectivity index (χ2v) is 7.79. The number of benzene rings is 1. The third-order valence-electron chi connectivity index (χ3n) is 4.76. The molecule has 2 N–H and O–H groups in total. The lowest BCUT2D eigenvalue weighted by Crippen LogP contribution is -2.64. The predicted octanol–water partition coefficient (Wildman–Crippen LogP) is 2.33. The van der Waals surface area contributed by atoms with Gasteiger partial charge in [0, 0.05) is 23.5 Å². The molecular weight excluding hydrogens is 432 g/mol. The molecule has 8 heteroatoms. The van der Waals surface area contributed by atoms with Gasteiger partial charge in [0.1, 0.15) is 5.75 Å². The van der Waals surface area contributed by atoms with Crippen LogP contribution >= 0.6 is 28.6 Å². The minimum atomic E-state index is -1.69. The van der Waals surface area contributed by atoms with E-state index in [0.29, 0.717) is 29.8 Å². The lowest BCUT2D eigenvalue weighted by molar-refractivity contribution is -0.161. The fraction of sp³-hybridized carbons (Fsp3) is 0.526. The van der Waals surface area contributed by atoms with E-state index in [2.05, 4.69) is 28.6 Å². The monoisotopic (exact) mass is 456 g/mol. The summed E-state index contributed by atoms with van der Waals surface area (Å²) in [5.74, 6) is -1.32. The minimum Gasteiger partial charge on any atom is -0.424 e. The van der Waals surface area contributed by atoms with E-state index >= 15 is 0 Å². The second-order valence-electron chi connectivity index (χ2n) is 6.86. The normalized spacial score (nSPS) is 21.6. The summed E-state index contributed by atoms with van der Waals surface area (Å²) in [7, 11) is 0. The van der Waals surface area contributed by atoms with Gasteiger partial charge in [0.25, 0.3) is 0 Å². The molecule has 1 heterocycles. The molecule has 1 fully saturated rings. The van der Waals surface area contributed by atoms with Crippen molar-refractivity contribution in [2.75, 3.05) is 12.3 Å². The van der Waals surface area contributed by atoms with Crippen LogP contribution in [0.15, 0.2) is 24.3 Å². The van der Waals surface area contributed by atoms with Gasteiger partial charge in [0.05, 0.1) is 6.04 Å². The highest BCUT2D eigenvalue weighted by molar-refractivity contribution is 9.08. The molecular formula is C19H25BrN2O4S. The molecule has 0 aliphatic carbocycles. The van der Waals surface area contributed by atoms with Gasteiger partial charge in [-0.1, -0.05) is 35.0 Å². The number of nitrogens with two attached hydrogens (primary N) is 1. The first kappa shape index (κ1) is 21.9. The van der Waals surface area contributed by atoms with Crippen molar-refractivity contribution in [2.24, 2.45) is 11.7 Å². The number of hydrogen-bond donors (Lipinski definition) is 2. The van der Waals surface area contributed by atoms with E-state index in [1.54, 1.807) is 25.1 Å². The molecule has 1 aliphatic rings. The van der Waals surface area contributed by atoms with Crippen molar-refractivity contribution in [1.29, 1.82) is 0 Å². The first-order valence-corrected chi connectivity index (χ1v) is 10.6. The number of thiol groups is 1. The molecule has 27 heavy (non-hydrogen) atoms. The van der Waals surface area contributed by atoms with Crippen LogP contribution < -0.4 is 10.5 Å². The molecule has 1 unspecified atom stereocenters. The third-order valence-corrected chi connectivity index (χ3v) is 5.96. The van der Waals surface area contributed by atoms with Gasteiger partial charge >= 0.3 is 5.97 Å². The van der Waals surface area contributed by atoms with Crippen LogP contribution in [-0.2, 0) is 19.7 Å². The van der Waals surface area contributed by atoms with Crippen molar-refractivity contribution in [3.63, 3.8) is 0 Å². The fourth-order valence-corrected chi connectivity index (χ4v) is 3.80. The van der Waals surface area contributed by atoms with Crippen molar-refractivity contribution in [3.05, 3.63) is 29.8 Å². The maximum atomic E-state index is 13.2. The Morgan fingerprint density at radius 2 is 2.07 bits per heavy atom. The first-order valence-electron chi connectivity index (χ1n) is 8.87. The molecule has 2 rings (SSSR count). The Labute approximate surface area is 173 Å². The lowest BCUT2D eigenvalue weighted by Gasteiger charge is -2.37. The fourth-order valence-electron chi connectivity index (χ4n) is 3.29. The van der Waals surface area contributed by atoms with Crippen molar-refractivity contribution < 1.29 is 19.1 Å². The van der Waals surface area contributed by atoms with E-state index in [-0.39, 0.29) is 12.3 Å². The third kappa shape index (κ3) is 4.38. The Morgan fingerprint density at radius 1 is 1.37 bits per heavy atom. The molecule has 6 nitrogen and oxygen atoms in total. The van der Waals surface area contributed by atoms with E-state index in [9.17, 15) is 14.4 Å². The molecule has 0 radical (unpaired) electrons. The molecule has 0 aromatic heterocycles. The number of esters is 1. The van der Waals surface area contributed by atoms with Crippen LogP contribution in [0, 0.1) is 5.92 Å². The molecule has 1 aromatic rings. The standard InChI is InChI=1S/C19H25BrN2O4S/c1-12(11-27)17(24)22-8-4-7-19(22,16(23)13(2)21)18(25)26-15-6-3-5-14(9-15)10-20/h3,5-6,9,12-13,27H,4,7-8,10-11,21H2,1-2H3/t12?,13-,19-/m0/s1. The summed E-state index contributed by atoms with van der Waals surface area (Å²) in [5, 5.41) is 0.604. The topological polar surface area (TPSA) is 89.7 Å². The smallest absolute Gasteiger partial charge is 0.345 e. The number of carbonyl (C=O) groups is 3. The highest BCUT2D eigenvalue weighted by Gasteiger charge is 2.57. The SMILES string of the molecule is CC(CS)C(=O)N1CCC[C@@]1(C(=O)Oc1cccc(CBr)c1)C(=O)[C@H](C)N. The molecule has 3 atom stereocenters. The minimum absolute atomic E-state index is 0.204. The maximum absolute atomic E-state index is 13.2. The summed E-state index contributed by atoms with van der Waals surface area (Å²) in [6, 6.07) is 6.11. The van der Waals surface area contributed by atoms with E-state index in [4.69, 9.17) is 10.5 Å². The Morgan fingerprint density at radius 3 is 2.67 bits per heavy atom. The number of ketones is 1. The van der Waals surface area contributed by atoms with Crippen LogP contribution in [-0.4, -0.2) is 46.4 Å². The average Bonchev–Trinajstić information content (AvgIpc) is 3.12. The number of carbonyl (C=O) groups excluding carboxylic acids is 3. The van der Waals surface area contributed by atoms with Gasteiger partial charge in [-0.05, 0) is 37.5 Å². The van der Waals surface area contributed by atoms with Crippen molar-refractivity contribution in [1.82, 2.24) is 4.90 Å². The molecule has 1 aromatic carbocycles. The van der Waals surface area contributed by atoms with E-state index < -0.39 is 29.3 Å². The Bertz CT molecular complexity index is 727. The number of alkyl halides is 1. The number of likely N-dealkylation sites (tertiary alicyclic amines) is 1. The lowest BCUT2D eigenvalue weighted by atomic mass is 9.86. The van der Waals surface area contributed by atoms with E-state index in [1.807, 2.05) is 6.07 Å². The molecule has 0 bridgehead atoms. The van der Waals surface area contributed by atoms with Crippen molar-refractivity contribution in [3.8, 4) is 5.75 Å². The van der Waals surface area contributed by atoms with Gasteiger partial charge in [-0.3, -0.25) is 9.59 Å². The zero-order chi connectivity index (χ0) is 20.2. The number of ether oxygens (including phenoxy) is 1. The van der Waals surface area contributed by atoms with Crippen LogP contribution in [0.2, 0.25) is 0 Å². The molecule has 1 aliphatic heterocycles. The zero-order valence-corrected chi connectivity index (χ0v) is 18.0. The van der Waals surface area contributed by atoms with Crippen LogP contribution in [0.4, 0.5) is 0 Å². The largest absolute Gasteiger partial charge is 0.424 e. The number of rotatable bonds is 7. The quantitative estimate of drug-likeness (QED) is 0.216. The second kappa shape index (κ2) is 9.21. The summed E-state index contributed by atoms with van der Waals surface area (Å²) in [4.78, 5) is 40.4. The van der Waals surface area contributed by atoms with Gasteiger partial charge in [-0.15, -0.1) is 0 Å². The highest BCUT2D eigenvalue weighted by Crippen LogP contribution is 2.35. The molecule has 148 valence electrons. The number of Topliss-reactive ketones (excluding diaryl/α,β-unsaturated/α-hetero) is 1. The summed E-state index contributed by atoms with van der Waals surface area (Å²) >= 11 is 7.53. The molecule has 0 saturated carbocycles. The Hall–Kier alpha value is -1.38. The van der Waals surface area contributed by atoms with Crippen molar-refractivity contribution in [2.45, 2.75) is 43.6 Å². The van der Waals surface area contributed by atoms with Crippen LogP contribution in [0.25, 0.3) is 0 Å².